The van der Waals surface area contributed by atoms with Gasteiger partial charge in [0.25, 0.3) is 0 Å². The van der Waals surface area contributed by atoms with Crippen LogP contribution in [-0.4, -0.2) is 17.6 Å². The molecule has 0 spiro atoms. The van der Waals surface area contributed by atoms with Gasteiger partial charge in [-0.2, -0.15) is 0 Å². The SMILES string of the molecule is Cc1cc(O)cc(Cl)c1C(N)CC(=O)N1CC(C)Cc2ccccc21. The van der Waals surface area contributed by atoms with Crippen molar-refractivity contribution in [1.82, 2.24) is 0 Å². The van der Waals surface area contributed by atoms with Gasteiger partial charge in [0.05, 0.1) is 0 Å². The van der Waals surface area contributed by atoms with E-state index in [1.807, 2.05) is 30.0 Å². The minimum atomic E-state index is -0.509. The van der Waals surface area contributed by atoms with Crippen LogP contribution in [0.25, 0.3) is 0 Å². The van der Waals surface area contributed by atoms with Gasteiger partial charge in [0.1, 0.15) is 5.75 Å². The minimum Gasteiger partial charge on any atom is -0.508 e. The van der Waals surface area contributed by atoms with Crippen LogP contribution < -0.4 is 10.6 Å². The number of carbonyl (C=O) groups is 1. The Kier molecular flexibility index (Phi) is 5.02. The van der Waals surface area contributed by atoms with E-state index in [0.29, 0.717) is 23.0 Å². The van der Waals surface area contributed by atoms with Crippen LogP contribution in [0.15, 0.2) is 36.4 Å². The van der Waals surface area contributed by atoms with E-state index >= 15 is 0 Å². The number of phenols is 1. The number of aromatic hydroxyl groups is 1. The molecule has 132 valence electrons. The molecule has 0 fully saturated rings. The summed E-state index contributed by atoms with van der Waals surface area (Å²) in [4.78, 5) is 14.8. The molecule has 0 aromatic heterocycles. The van der Waals surface area contributed by atoms with E-state index in [1.54, 1.807) is 6.07 Å². The monoisotopic (exact) mass is 358 g/mol. The predicted octanol–water partition coefficient (Wildman–Crippen LogP) is 3.97. The first-order valence-electron chi connectivity index (χ1n) is 8.49. The zero-order valence-electron chi connectivity index (χ0n) is 14.5. The number of phenolic OH excluding ortho intramolecular Hbond substituents is 1. The molecule has 1 heterocycles. The van der Waals surface area contributed by atoms with E-state index in [4.69, 9.17) is 17.3 Å². The van der Waals surface area contributed by atoms with Crippen LogP contribution in [0.5, 0.6) is 5.75 Å². The zero-order chi connectivity index (χ0) is 18.1. The van der Waals surface area contributed by atoms with Crippen LogP contribution in [-0.2, 0) is 11.2 Å². The van der Waals surface area contributed by atoms with E-state index in [0.717, 1.165) is 17.7 Å². The number of aryl methyl sites for hydroxylation is 1. The fourth-order valence-corrected chi connectivity index (χ4v) is 4.04. The highest BCUT2D eigenvalue weighted by molar-refractivity contribution is 6.31. The Bertz CT molecular complexity index is 783. The van der Waals surface area contributed by atoms with Gasteiger partial charge in [-0.15, -0.1) is 0 Å². The maximum absolute atomic E-state index is 12.9. The molecular weight excluding hydrogens is 336 g/mol. The summed E-state index contributed by atoms with van der Waals surface area (Å²) in [5.41, 5.74) is 9.97. The topological polar surface area (TPSA) is 66.6 Å². The van der Waals surface area contributed by atoms with Crippen molar-refractivity contribution in [2.45, 2.75) is 32.7 Å². The van der Waals surface area contributed by atoms with Gasteiger partial charge in [-0.1, -0.05) is 36.7 Å². The average molecular weight is 359 g/mol. The van der Waals surface area contributed by atoms with E-state index in [2.05, 4.69) is 13.0 Å². The van der Waals surface area contributed by atoms with Crippen molar-refractivity contribution >= 4 is 23.2 Å². The molecule has 2 atom stereocenters. The van der Waals surface area contributed by atoms with Crippen LogP contribution >= 0.6 is 11.6 Å². The first-order valence-corrected chi connectivity index (χ1v) is 8.87. The van der Waals surface area contributed by atoms with Gasteiger partial charge in [0.15, 0.2) is 0 Å². The molecule has 1 amide bonds. The largest absolute Gasteiger partial charge is 0.508 e. The van der Waals surface area contributed by atoms with Crippen molar-refractivity contribution in [3.05, 3.63) is 58.1 Å². The third-order valence-corrected chi connectivity index (χ3v) is 5.05. The Morgan fingerprint density at radius 1 is 1.40 bits per heavy atom. The van der Waals surface area contributed by atoms with Gasteiger partial charge < -0.3 is 15.7 Å². The van der Waals surface area contributed by atoms with Gasteiger partial charge in [0, 0.05) is 29.7 Å². The Balaban J connectivity index is 1.83. The normalized spacial score (nSPS) is 17.9. The molecule has 0 aliphatic carbocycles. The second kappa shape index (κ2) is 7.06. The van der Waals surface area contributed by atoms with E-state index in [-0.39, 0.29) is 18.1 Å². The fourth-order valence-electron chi connectivity index (χ4n) is 3.64. The number of carbonyl (C=O) groups excluding carboxylic acids is 1. The predicted molar refractivity (Wildman–Crippen MR) is 101 cm³/mol. The highest BCUT2D eigenvalue weighted by Gasteiger charge is 2.28. The Morgan fingerprint density at radius 3 is 2.84 bits per heavy atom. The van der Waals surface area contributed by atoms with Crippen molar-refractivity contribution in [2.75, 3.05) is 11.4 Å². The summed E-state index contributed by atoms with van der Waals surface area (Å²) in [7, 11) is 0. The molecule has 3 rings (SSSR count). The lowest BCUT2D eigenvalue weighted by atomic mass is 9.92. The summed E-state index contributed by atoms with van der Waals surface area (Å²) < 4.78 is 0. The number of halogens is 1. The molecule has 1 aliphatic rings. The summed E-state index contributed by atoms with van der Waals surface area (Å²) in [5, 5.41) is 10.0. The standard InChI is InChI=1S/C20H23ClN2O2/c1-12-7-14-5-3-4-6-18(14)23(11-12)19(25)10-17(22)20-13(2)8-15(24)9-16(20)21/h3-6,8-9,12,17,24H,7,10-11,22H2,1-2H3. The molecule has 2 unspecified atom stereocenters. The van der Waals surface area contributed by atoms with E-state index in [9.17, 15) is 9.90 Å². The van der Waals surface area contributed by atoms with Gasteiger partial charge in [-0.05, 0) is 54.2 Å². The minimum absolute atomic E-state index is 0.00459. The summed E-state index contributed by atoms with van der Waals surface area (Å²) in [5.74, 6) is 0.507. The third-order valence-electron chi connectivity index (χ3n) is 4.73. The summed E-state index contributed by atoms with van der Waals surface area (Å²) >= 11 is 6.24. The maximum Gasteiger partial charge on any atom is 0.228 e. The number of amides is 1. The first kappa shape index (κ1) is 17.8. The lowest BCUT2D eigenvalue weighted by Crippen LogP contribution is -2.40. The van der Waals surface area contributed by atoms with E-state index in [1.165, 1.54) is 11.6 Å². The highest BCUT2D eigenvalue weighted by atomic mass is 35.5. The Hall–Kier alpha value is -2.04. The second-order valence-electron chi connectivity index (χ2n) is 6.91. The maximum atomic E-state index is 12.9. The molecular formula is C20H23ClN2O2. The molecule has 3 N–H and O–H groups in total. The molecule has 2 aromatic rings. The van der Waals surface area contributed by atoms with Crippen molar-refractivity contribution in [3.8, 4) is 5.75 Å². The molecule has 1 aliphatic heterocycles. The van der Waals surface area contributed by atoms with E-state index < -0.39 is 6.04 Å². The molecule has 5 heteroatoms. The number of fused-ring (bicyclic) bond motifs is 1. The van der Waals surface area contributed by atoms with Gasteiger partial charge >= 0.3 is 0 Å². The molecule has 0 saturated heterocycles. The van der Waals surface area contributed by atoms with Gasteiger partial charge in [-0.25, -0.2) is 0 Å². The number of nitrogens with two attached hydrogens (primary N) is 1. The van der Waals surface area contributed by atoms with Crippen molar-refractivity contribution in [1.29, 1.82) is 0 Å². The number of rotatable bonds is 3. The van der Waals surface area contributed by atoms with Crippen LogP contribution in [0.2, 0.25) is 5.02 Å². The number of hydrogen-bond acceptors (Lipinski definition) is 3. The number of nitrogens with zero attached hydrogens (tertiary/aromatic N) is 1. The number of benzene rings is 2. The summed E-state index contributed by atoms with van der Waals surface area (Å²) in [6.07, 6.45) is 1.15. The first-order chi connectivity index (χ1) is 11.9. The second-order valence-corrected chi connectivity index (χ2v) is 7.32. The smallest absolute Gasteiger partial charge is 0.228 e. The molecule has 2 aromatic carbocycles. The van der Waals surface area contributed by atoms with Crippen molar-refractivity contribution < 1.29 is 9.90 Å². The quantitative estimate of drug-likeness (QED) is 0.872. The number of para-hydroxylation sites is 1. The van der Waals surface area contributed by atoms with Gasteiger partial charge in [-0.3, -0.25) is 4.79 Å². The molecule has 4 nitrogen and oxygen atoms in total. The Morgan fingerprint density at radius 2 is 2.12 bits per heavy atom. The van der Waals surface area contributed by atoms with Crippen LogP contribution in [0.1, 0.15) is 36.1 Å². The average Bonchev–Trinajstić information content (AvgIpc) is 2.52. The van der Waals surface area contributed by atoms with Crippen molar-refractivity contribution in [3.63, 3.8) is 0 Å². The Labute approximate surface area is 153 Å². The summed E-state index contributed by atoms with van der Waals surface area (Å²) in [6.45, 7) is 4.69. The molecule has 0 radical (unpaired) electrons. The lowest BCUT2D eigenvalue weighted by molar-refractivity contribution is -0.119. The number of hydrogen-bond donors (Lipinski definition) is 2. The molecule has 0 saturated carbocycles. The number of anilines is 1. The third kappa shape index (κ3) is 3.65. The fraction of sp³-hybridized carbons (Fsp3) is 0.350. The molecule has 25 heavy (non-hydrogen) atoms. The van der Waals surface area contributed by atoms with Crippen LogP contribution in [0.3, 0.4) is 0 Å². The zero-order valence-corrected chi connectivity index (χ0v) is 15.3. The van der Waals surface area contributed by atoms with Crippen LogP contribution in [0.4, 0.5) is 5.69 Å². The van der Waals surface area contributed by atoms with Crippen LogP contribution in [0, 0.1) is 12.8 Å². The van der Waals surface area contributed by atoms with Gasteiger partial charge in [0.2, 0.25) is 5.91 Å². The molecule has 0 bridgehead atoms. The van der Waals surface area contributed by atoms with Crippen molar-refractivity contribution in [2.24, 2.45) is 11.7 Å². The lowest BCUT2D eigenvalue weighted by Gasteiger charge is -2.34. The summed E-state index contributed by atoms with van der Waals surface area (Å²) in [6, 6.07) is 10.6. The highest BCUT2D eigenvalue weighted by Crippen LogP contribution is 2.33.